The van der Waals surface area contributed by atoms with Crippen LogP contribution in [-0.4, -0.2) is 9.78 Å². The molecule has 4 nitrogen and oxygen atoms in total. The highest BCUT2D eigenvalue weighted by Gasteiger charge is 2.15. The van der Waals surface area contributed by atoms with Gasteiger partial charge < -0.3 is 5.73 Å². The van der Waals surface area contributed by atoms with Crippen molar-refractivity contribution in [2.24, 2.45) is 0 Å². The van der Waals surface area contributed by atoms with Gasteiger partial charge in [0, 0.05) is 5.02 Å². The minimum absolute atomic E-state index is 0.174. The number of hydrogen-bond donors (Lipinski definition) is 1. The Kier molecular flexibility index (Phi) is 3.69. The summed E-state index contributed by atoms with van der Waals surface area (Å²) in [6.07, 6.45) is 0. The number of para-hydroxylation sites is 1. The van der Waals surface area contributed by atoms with Gasteiger partial charge in [-0.15, -0.1) is 0 Å². The minimum atomic E-state index is -0.174. The van der Waals surface area contributed by atoms with Gasteiger partial charge in [-0.3, -0.25) is 4.79 Å². The summed E-state index contributed by atoms with van der Waals surface area (Å²) in [4.78, 5) is 12.5. The van der Waals surface area contributed by atoms with Crippen molar-refractivity contribution in [1.29, 1.82) is 0 Å². The van der Waals surface area contributed by atoms with Crippen molar-refractivity contribution in [2.45, 2.75) is 6.92 Å². The highest BCUT2D eigenvalue weighted by atomic mass is 35.5. The van der Waals surface area contributed by atoms with Crippen molar-refractivity contribution in [2.75, 3.05) is 5.73 Å². The first kappa shape index (κ1) is 14.4. The van der Waals surface area contributed by atoms with Crippen LogP contribution in [0.4, 0.5) is 5.82 Å². The summed E-state index contributed by atoms with van der Waals surface area (Å²) >= 11 is 5.91. The maximum Gasteiger partial charge on any atom is 0.213 e. The molecular formula is C17H14ClN3O. The van der Waals surface area contributed by atoms with Crippen molar-refractivity contribution in [3.05, 3.63) is 75.5 Å². The number of halogens is 1. The summed E-state index contributed by atoms with van der Waals surface area (Å²) in [6, 6.07) is 16.5. The molecule has 0 saturated carbocycles. The van der Waals surface area contributed by atoms with E-state index in [2.05, 4.69) is 5.10 Å². The monoisotopic (exact) mass is 311 g/mol. The lowest BCUT2D eigenvalue weighted by Crippen LogP contribution is -2.21. The topological polar surface area (TPSA) is 60.9 Å². The number of rotatable bonds is 2. The molecule has 0 spiro atoms. The molecule has 1 aromatic heterocycles. The lowest BCUT2D eigenvalue weighted by molar-refractivity contribution is 0.824. The van der Waals surface area contributed by atoms with Crippen molar-refractivity contribution < 1.29 is 0 Å². The van der Waals surface area contributed by atoms with E-state index in [1.165, 1.54) is 0 Å². The Morgan fingerprint density at radius 2 is 1.68 bits per heavy atom. The Balaban J connectivity index is 2.29. The fourth-order valence-electron chi connectivity index (χ4n) is 2.31. The largest absolute Gasteiger partial charge is 0.383 e. The second-order valence-electron chi connectivity index (χ2n) is 4.93. The van der Waals surface area contributed by atoms with Crippen molar-refractivity contribution >= 4 is 17.4 Å². The molecule has 3 rings (SSSR count). The fraction of sp³-hybridized carbons (Fsp3) is 0.0588. The first-order valence-electron chi connectivity index (χ1n) is 6.78. The van der Waals surface area contributed by atoms with Gasteiger partial charge in [0.15, 0.2) is 0 Å². The maximum atomic E-state index is 12.5. The van der Waals surface area contributed by atoms with Gasteiger partial charge >= 0.3 is 0 Å². The summed E-state index contributed by atoms with van der Waals surface area (Å²) < 4.78 is 1.58. The van der Waals surface area contributed by atoms with Crippen molar-refractivity contribution in [3.8, 4) is 16.8 Å². The molecule has 0 aliphatic heterocycles. The van der Waals surface area contributed by atoms with Gasteiger partial charge in [0.05, 0.1) is 11.3 Å². The number of benzene rings is 2. The standard InChI is InChI=1S/C17H14ClN3O/c1-11-16(22)15(12-7-9-13(18)10-8-12)17(19)21(20-11)14-5-3-2-4-6-14/h2-10H,19H2,1H3. The molecule has 0 atom stereocenters. The average Bonchev–Trinajstić information content (AvgIpc) is 2.54. The van der Waals surface area contributed by atoms with Gasteiger partial charge in [0.1, 0.15) is 11.5 Å². The summed E-state index contributed by atoms with van der Waals surface area (Å²) in [6.45, 7) is 1.68. The molecule has 110 valence electrons. The molecule has 22 heavy (non-hydrogen) atoms. The minimum Gasteiger partial charge on any atom is -0.383 e. The molecule has 0 aliphatic rings. The lowest BCUT2D eigenvalue weighted by Gasteiger charge is -2.14. The Morgan fingerprint density at radius 3 is 2.32 bits per heavy atom. The fourth-order valence-corrected chi connectivity index (χ4v) is 2.44. The molecule has 0 bridgehead atoms. The Bertz CT molecular complexity index is 871. The molecule has 0 saturated heterocycles. The summed E-state index contributed by atoms with van der Waals surface area (Å²) in [5.41, 5.74) is 8.41. The van der Waals surface area contributed by atoms with Crippen LogP contribution in [-0.2, 0) is 0 Å². The number of nitrogens with zero attached hydrogens (tertiary/aromatic N) is 2. The summed E-state index contributed by atoms with van der Waals surface area (Å²) in [5, 5.41) is 4.91. The van der Waals surface area contributed by atoms with Crippen LogP contribution in [0, 0.1) is 6.92 Å². The van der Waals surface area contributed by atoms with Crippen LogP contribution < -0.4 is 11.2 Å². The van der Waals surface area contributed by atoms with Crippen LogP contribution in [0.25, 0.3) is 16.8 Å². The average molecular weight is 312 g/mol. The molecule has 0 amide bonds. The third-order valence-corrected chi connectivity index (χ3v) is 3.68. The van der Waals surface area contributed by atoms with Crippen LogP contribution >= 0.6 is 11.6 Å². The van der Waals surface area contributed by atoms with Crippen LogP contribution in [0.15, 0.2) is 59.4 Å². The molecule has 3 aromatic rings. The number of nitrogens with two attached hydrogens (primary N) is 1. The maximum absolute atomic E-state index is 12.5. The van der Waals surface area contributed by atoms with Crippen molar-refractivity contribution in [3.63, 3.8) is 0 Å². The van der Waals surface area contributed by atoms with E-state index >= 15 is 0 Å². The number of hydrogen-bond acceptors (Lipinski definition) is 3. The van der Waals surface area contributed by atoms with E-state index in [4.69, 9.17) is 17.3 Å². The number of anilines is 1. The number of aromatic nitrogens is 2. The zero-order valence-electron chi connectivity index (χ0n) is 12.0. The Labute approximate surface area is 132 Å². The normalized spacial score (nSPS) is 10.6. The van der Waals surface area contributed by atoms with E-state index in [-0.39, 0.29) is 5.43 Å². The lowest BCUT2D eigenvalue weighted by atomic mass is 10.1. The SMILES string of the molecule is Cc1nn(-c2ccccc2)c(N)c(-c2ccc(Cl)cc2)c1=O. The van der Waals surface area contributed by atoms with Crippen LogP contribution in [0.2, 0.25) is 5.02 Å². The third kappa shape index (κ3) is 2.49. The van der Waals surface area contributed by atoms with Gasteiger partial charge in [-0.05, 0) is 36.8 Å². The molecule has 1 heterocycles. The molecule has 2 aromatic carbocycles. The van der Waals surface area contributed by atoms with Crippen LogP contribution in [0.5, 0.6) is 0 Å². The molecule has 0 unspecified atom stereocenters. The van der Waals surface area contributed by atoms with Gasteiger partial charge in [-0.2, -0.15) is 5.10 Å². The van der Waals surface area contributed by atoms with E-state index in [0.717, 1.165) is 11.3 Å². The van der Waals surface area contributed by atoms with Gasteiger partial charge in [-0.1, -0.05) is 41.9 Å². The van der Waals surface area contributed by atoms with Gasteiger partial charge in [0.25, 0.3) is 0 Å². The molecule has 5 heteroatoms. The molecule has 2 N–H and O–H groups in total. The second-order valence-corrected chi connectivity index (χ2v) is 5.37. The number of nitrogen functional groups attached to an aromatic ring is 1. The Morgan fingerprint density at radius 1 is 1.05 bits per heavy atom. The first-order chi connectivity index (χ1) is 10.6. The summed E-state index contributed by atoms with van der Waals surface area (Å²) in [7, 11) is 0. The first-order valence-corrected chi connectivity index (χ1v) is 7.16. The quantitative estimate of drug-likeness (QED) is 0.788. The van der Waals surface area contributed by atoms with Gasteiger partial charge in [-0.25, -0.2) is 4.68 Å². The molecule has 0 radical (unpaired) electrons. The van der Waals surface area contributed by atoms with Gasteiger partial charge in [0.2, 0.25) is 5.43 Å². The highest BCUT2D eigenvalue weighted by molar-refractivity contribution is 6.30. The smallest absolute Gasteiger partial charge is 0.213 e. The molecular weight excluding hydrogens is 298 g/mol. The zero-order valence-corrected chi connectivity index (χ0v) is 12.7. The van der Waals surface area contributed by atoms with E-state index in [1.807, 2.05) is 30.3 Å². The third-order valence-electron chi connectivity index (χ3n) is 3.42. The number of aryl methyl sites for hydroxylation is 1. The van der Waals surface area contributed by atoms with E-state index in [0.29, 0.717) is 22.1 Å². The molecule has 0 aliphatic carbocycles. The molecule has 0 fully saturated rings. The second kappa shape index (κ2) is 5.66. The van der Waals surface area contributed by atoms with Crippen molar-refractivity contribution in [1.82, 2.24) is 9.78 Å². The Hall–Kier alpha value is -2.59. The van der Waals surface area contributed by atoms with E-state index < -0.39 is 0 Å². The predicted octanol–water partition coefficient (Wildman–Crippen LogP) is 3.44. The zero-order chi connectivity index (χ0) is 15.7. The van der Waals surface area contributed by atoms with E-state index in [1.54, 1.807) is 35.9 Å². The highest BCUT2D eigenvalue weighted by Crippen LogP contribution is 2.25. The summed E-state index contributed by atoms with van der Waals surface area (Å²) in [5.74, 6) is 0.309. The van der Waals surface area contributed by atoms with Crippen LogP contribution in [0.3, 0.4) is 0 Å². The van der Waals surface area contributed by atoms with E-state index in [9.17, 15) is 4.79 Å². The van der Waals surface area contributed by atoms with Crippen LogP contribution in [0.1, 0.15) is 5.69 Å². The predicted molar refractivity (Wildman–Crippen MR) is 89.4 cm³/mol.